The summed E-state index contributed by atoms with van der Waals surface area (Å²) in [4.78, 5) is 19.9. The molecular formula is C18H22N6O. The van der Waals surface area contributed by atoms with Gasteiger partial charge in [0.15, 0.2) is 5.65 Å². The highest BCUT2D eigenvalue weighted by Gasteiger charge is 2.33. The van der Waals surface area contributed by atoms with Crippen LogP contribution in [0, 0.1) is 13.8 Å². The van der Waals surface area contributed by atoms with Crippen LogP contribution in [0.3, 0.4) is 0 Å². The van der Waals surface area contributed by atoms with E-state index < -0.39 is 0 Å². The van der Waals surface area contributed by atoms with E-state index in [1.807, 2.05) is 51.3 Å². The number of pyridine rings is 1. The Labute approximate surface area is 146 Å². The summed E-state index contributed by atoms with van der Waals surface area (Å²) in [7, 11) is 3.77. The predicted octanol–water partition coefficient (Wildman–Crippen LogP) is 2.30. The Kier molecular flexibility index (Phi) is 3.59. The molecule has 1 aliphatic heterocycles. The van der Waals surface area contributed by atoms with Crippen molar-refractivity contribution in [3.05, 3.63) is 41.0 Å². The number of likely N-dealkylation sites (tertiary alicyclic amines) is 1. The van der Waals surface area contributed by atoms with Crippen LogP contribution in [-0.4, -0.2) is 41.9 Å². The quantitative estimate of drug-likeness (QED) is 0.719. The van der Waals surface area contributed by atoms with Crippen LogP contribution in [0.15, 0.2) is 18.5 Å². The van der Waals surface area contributed by atoms with Crippen LogP contribution in [-0.2, 0) is 14.1 Å². The standard InChI is InChI=1S/C18H22N6O/c1-11-8-14(16-12(2)21-23(4)17(16)20-11)18(25)24-7-5-6-15(24)13-9-19-22(3)10-13/h8-10,15H,5-7H2,1-4H3/t15-/m0/s1. The van der Waals surface area contributed by atoms with E-state index in [4.69, 9.17) is 0 Å². The number of hydrogen-bond donors (Lipinski definition) is 0. The van der Waals surface area contributed by atoms with Gasteiger partial charge in [0.1, 0.15) is 0 Å². The number of carbonyl (C=O) groups is 1. The molecule has 4 rings (SSSR count). The smallest absolute Gasteiger partial charge is 0.255 e. The van der Waals surface area contributed by atoms with Gasteiger partial charge in [-0.3, -0.25) is 14.2 Å². The molecule has 1 saturated heterocycles. The number of fused-ring (bicyclic) bond motifs is 1. The summed E-state index contributed by atoms with van der Waals surface area (Å²) in [5.74, 6) is 0.0537. The first-order valence-corrected chi connectivity index (χ1v) is 8.56. The molecule has 1 amide bonds. The maximum absolute atomic E-state index is 13.4. The number of aromatic nitrogens is 5. The Hall–Kier alpha value is -2.70. The average Bonchev–Trinajstić information content (AvgIpc) is 3.26. The summed E-state index contributed by atoms with van der Waals surface area (Å²) in [5, 5.41) is 9.57. The summed E-state index contributed by atoms with van der Waals surface area (Å²) in [6.45, 7) is 4.61. The fourth-order valence-electron chi connectivity index (χ4n) is 3.86. The minimum atomic E-state index is 0.0537. The number of nitrogens with zero attached hydrogens (tertiary/aromatic N) is 6. The van der Waals surface area contributed by atoms with Crippen molar-refractivity contribution < 1.29 is 4.79 Å². The Morgan fingerprint density at radius 2 is 2.08 bits per heavy atom. The number of amides is 1. The molecule has 25 heavy (non-hydrogen) atoms. The largest absolute Gasteiger partial charge is 0.331 e. The highest BCUT2D eigenvalue weighted by molar-refractivity contribution is 6.06. The Morgan fingerprint density at radius 3 is 2.80 bits per heavy atom. The molecule has 0 radical (unpaired) electrons. The third-order valence-electron chi connectivity index (χ3n) is 4.95. The van der Waals surface area contributed by atoms with Crippen molar-refractivity contribution in [1.82, 2.24) is 29.4 Å². The molecule has 0 bridgehead atoms. The molecule has 4 heterocycles. The third kappa shape index (κ3) is 2.50. The summed E-state index contributed by atoms with van der Waals surface area (Å²) in [5.41, 5.74) is 4.22. The van der Waals surface area contributed by atoms with Gasteiger partial charge in [-0.2, -0.15) is 10.2 Å². The maximum atomic E-state index is 13.4. The van der Waals surface area contributed by atoms with Gasteiger partial charge in [-0.15, -0.1) is 0 Å². The molecule has 1 atom stereocenters. The first-order valence-electron chi connectivity index (χ1n) is 8.56. The van der Waals surface area contributed by atoms with E-state index in [2.05, 4.69) is 15.2 Å². The highest BCUT2D eigenvalue weighted by Crippen LogP contribution is 2.34. The van der Waals surface area contributed by atoms with E-state index in [1.165, 1.54) is 0 Å². The molecule has 0 N–H and O–H groups in total. The van der Waals surface area contributed by atoms with Gasteiger partial charge in [-0.1, -0.05) is 0 Å². The fourth-order valence-corrected chi connectivity index (χ4v) is 3.86. The van der Waals surface area contributed by atoms with Gasteiger partial charge in [-0.05, 0) is 32.8 Å². The number of rotatable bonds is 2. The zero-order valence-electron chi connectivity index (χ0n) is 15.0. The topological polar surface area (TPSA) is 68.8 Å². The van der Waals surface area contributed by atoms with Gasteiger partial charge in [0.05, 0.1) is 28.9 Å². The molecule has 3 aromatic rings. The van der Waals surface area contributed by atoms with E-state index in [1.54, 1.807) is 9.36 Å². The summed E-state index contributed by atoms with van der Waals surface area (Å²) < 4.78 is 3.54. The van der Waals surface area contributed by atoms with Gasteiger partial charge in [-0.25, -0.2) is 4.98 Å². The number of hydrogen-bond acceptors (Lipinski definition) is 4. The maximum Gasteiger partial charge on any atom is 0.255 e. The van der Waals surface area contributed by atoms with Gasteiger partial charge in [0.2, 0.25) is 0 Å². The summed E-state index contributed by atoms with van der Waals surface area (Å²) >= 11 is 0. The zero-order valence-corrected chi connectivity index (χ0v) is 15.0. The van der Waals surface area contributed by atoms with Crippen molar-refractivity contribution in [3.63, 3.8) is 0 Å². The van der Waals surface area contributed by atoms with Gasteiger partial charge >= 0.3 is 0 Å². The normalized spacial score (nSPS) is 17.6. The molecule has 0 aliphatic carbocycles. The molecular weight excluding hydrogens is 316 g/mol. The molecule has 1 aliphatic rings. The van der Waals surface area contributed by atoms with Crippen LogP contribution < -0.4 is 0 Å². The molecule has 0 saturated carbocycles. The Bertz CT molecular complexity index is 970. The van der Waals surface area contributed by atoms with Crippen molar-refractivity contribution in [3.8, 4) is 0 Å². The van der Waals surface area contributed by atoms with Gasteiger partial charge in [0, 0.05) is 38.1 Å². The molecule has 130 valence electrons. The number of aryl methyl sites for hydroxylation is 4. The number of carbonyl (C=O) groups excluding carboxylic acids is 1. The lowest BCUT2D eigenvalue weighted by Gasteiger charge is -2.24. The van der Waals surface area contributed by atoms with Crippen molar-refractivity contribution in [2.24, 2.45) is 14.1 Å². The van der Waals surface area contributed by atoms with E-state index in [-0.39, 0.29) is 11.9 Å². The fraction of sp³-hybridized carbons (Fsp3) is 0.444. The molecule has 7 heteroatoms. The second-order valence-electron chi connectivity index (χ2n) is 6.82. The minimum absolute atomic E-state index is 0.0537. The van der Waals surface area contributed by atoms with E-state index in [0.29, 0.717) is 5.56 Å². The van der Waals surface area contributed by atoms with E-state index in [0.717, 1.165) is 47.4 Å². The van der Waals surface area contributed by atoms with E-state index in [9.17, 15) is 4.79 Å². The van der Waals surface area contributed by atoms with Crippen LogP contribution in [0.2, 0.25) is 0 Å². The van der Waals surface area contributed by atoms with Crippen molar-refractivity contribution in [2.45, 2.75) is 32.7 Å². The Morgan fingerprint density at radius 1 is 1.28 bits per heavy atom. The highest BCUT2D eigenvalue weighted by atomic mass is 16.2. The molecule has 0 spiro atoms. The lowest BCUT2D eigenvalue weighted by Crippen LogP contribution is -2.30. The molecule has 7 nitrogen and oxygen atoms in total. The van der Waals surface area contributed by atoms with Crippen molar-refractivity contribution in [1.29, 1.82) is 0 Å². The Balaban J connectivity index is 1.79. The van der Waals surface area contributed by atoms with Gasteiger partial charge < -0.3 is 4.90 Å². The van der Waals surface area contributed by atoms with Crippen LogP contribution in [0.4, 0.5) is 0 Å². The molecule has 1 fully saturated rings. The summed E-state index contributed by atoms with van der Waals surface area (Å²) in [6.07, 6.45) is 5.83. The van der Waals surface area contributed by atoms with Crippen LogP contribution in [0.5, 0.6) is 0 Å². The lowest BCUT2D eigenvalue weighted by atomic mass is 10.1. The molecule has 3 aromatic heterocycles. The first kappa shape index (κ1) is 15.8. The van der Waals surface area contributed by atoms with Crippen molar-refractivity contribution in [2.75, 3.05) is 6.54 Å². The minimum Gasteiger partial charge on any atom is -0.331 e. The van der Waals surface area contributed by atoms with Gasteiger partial charge in [0.25, 0.3) is 5.91 Å². The summed E-state index contributed by atoms with van der Waals surface area (Å²) in [6, 6.07) is 1.97. The lowest BCUT2D eigenvalue weighted by molar-refractivity contribution is 0.0737. The predicted molar refractivity (Wildman–Crippen MR) is 94.2 cm³/mol. The zero-order chi connectivity index (χ0) is 17.7. The first-order chi connectivity index (χ1) is 12.0. The molecule has 0 aromatic carbocycles. The van der Waals surface area contributed by atoms with Crippen LogP contribution in [0.1, 0.15) is 46.2 Å². The third-order valence-corrected chi connectivity index (χ3v) is 4.95. The molecule has 0 unspecified atom stereocenters. The average molecular weight is 338 g/mol. The van der Waals surface area contributed by atoms with Crippen LogP contribution in [0.25, 0.3) is 11.0 Å². The monoisotopic (exact) mass is 338 g/mol. The van der Waals surface area contributed by atoms with E-state index >= 15 is 0 Å². The SMILES string of the molecule is Cc1cc(C(=O)N2CCC[C@H]2c2cnn(C)c2)c2c(C)nn(C)c2n1. The second kappa shape index (κ2) is 5.68. The van der Waals surface area contributed by atoms with Crippen LogP contribution >= 0.6 is 0 Å². The second-order valence-corrected chi connectivity index (χ2v) is 6.82. The van der Waals surface area contributed by atoms with Crippen molar-refractivity contribution >= 4 is 16.9 Å².